The smallest absolute Gasteiger partial charge is 0.217 e. The van der Waals surface area contributed by atoms with E-state index in [4.69, 9.17) is 9.47 Å². The van der Waals surface area contributed by atoms with Crippen molar-refractivity contribution in [3.63, 3.8) is 0 Å². The average Bonchev–Trinajstić information content (AvgIpc) is 2.44. The summed E-state index contributed by atoms with van der Waals surface area (Å²) < 4.78 is 10.6. The van der Waals surface area contributed by atoms with Crippen LogP contribution < -0.4 is 5.32 Å². The summed E-state index contributed by atoms with van der Waals surface area (Å²) in [5.41, 5.74) is 0. The van der Waals surface area contributed by atoms with E-state index in [0.29, 0.717) is 18.8 Å². The zero-order chi connectivity index (χ0) is 9.26. The maximum Gasteiger partial charge on any atom is 0.217 e. The van der Waals surface area contributed by atoms with Crippen molar-refractivity contribution in [2.45, 2.75) is 31.9 Å². The molecule has 2 fully saturated rings. The largest absolute Gasteiger partial charge is 0.355 e. The Morgan fingerprint density at radius 1 is 1.46 bits per heavy atom. The van der Waals surface area contributed by atoms with Gasteiger partial charge >= 0.3 is 0 Å². The fraction of sp³-hybridized carbons (Fsp3) is 0.889. The van der Waals surface area contributed by atoms with Crippen LogP contribution in [0.2, 0.25) is 0 Å². The number of fused-ring (bicyclic) bond motifs is 1. The zero-order valence-electron chi connectivity index (χ0n) is 7.79. The number of amides is 1. The summed E-state index contributed by atoms with van der Waals surface area (Å²) in [7, 11) is 0. The molecule has 0 aromatic rings. The molecule has 0 radical (unpaired) electrons. The minimum absolute atomic E-state index is 0.0459. The molecule has 3 atom stereocenters. The van der Waals surface area contributed by atoms with Gasteiger partial charge in [0, 0.05) is 18.9 Å². The van der Waals surface area contributed by atoms with E-state index in [2.05, 4.69) is 5.32 Å². The summed E-state index contributed by atoms with van der Waals surface area (Å²) in [5.74, 6) is 0.523. The van der Waals surface area contributed by atoms with Gasteiger partial charge in [-0.3, -0.25) is 4.79 Å². The van der Waals surface area contributed by atoms with Gasteiger partial charge in [-0.25, -0.2) is 0 Å². The van der Waals surface area contributed by atoms with Crippen molar-refractivity contribution >= 4 is 5.91 Å². The van der Waals surface area contributed by atoms with Crippen LogP contribution >= 0.6 is 0 Å². The zero-order valence-corrected chi connectivity index (χ0v) is 7.79. The van der Waals surface area contributed by atoms with E-state index in [1.807, 2.05) is 0 Å². The molecule has 1 saturated carbocycles. The lowest BCUT2D eigenvalue weighted by molar-refractivity contribution is -0.159. The van der Waals surface area contributed by atoms with Crippen molar-refractivity contribution in [1.82, 2.24) is 5.32 Å². The molecule has 4 nitrogen and oxygen atoms in total. The third-order valence-corrected chi connectivity index (χ3v) is 2.73. The van der Waals surface area contributed by atoms with E-state index in [-0.39, 0.29) is 11.9 Å². The van der Waals surface area contributed by atoms with Crippen LogP contribution in [0.25, 0.3) is 0 Å². The van der Waals surface area contributed by atoms with Gasteiger partial charge in [-0.05, 0) is 12.8 Å². The normalized spacial score (nSPS) is 38.4. The first kappa shape index (κ1) is 8.97. The maximum absolute atomic E-state index is 10.8. The van der Waals surface area contributed by atoms with Crippen LogP contribution in [0.4, 0.5) is 0 Å². The molecule has 0 bridgehead atoms. The third-order valence-electron chi connectivity index (χ3n) is 2.73. The van der Waals surface area contributed by atoms with Crippen molar-refractivity contribution in [2.75, 3.05) is 13.4 Å². The first-order valence-corrected chi connectivity index (χ1v) is 4.72. The predicted molar refractivity (Wildman–Crippen MR) is 46.0 cm³/mol. The molecule has 0 aromatic heterocycles. The van der Waals surface area contributed by atoms with Gasteiger partial charge in [0.1, 0.15) is 6.79 Å². The number of hydrogen-bond donors (Lipinski definition) is 1. The van der Waals surface area contributed by atoms with Gasteiger partial charge in [0.2, 0.25) is 5.91 Å². The van der Waals surface area contributed by atoms with Crippen LogP contribution in [0.5, 0.6) is 0 Å². The molecule has 74 valence electrons. The average molecular weight is 185 g/mol. The molecule has 1 saturated heterocycles. The number of ether oxygens (including phenoxy) is 2. The molecule has 0 spiro atoms. The summed E-state index contributed by atoms with van der Waals surface area (Å²) in [4.78, 5) is 10.8. The summed E-state index contributed by atoms with van der Waals surface area (Å²) in [6.45, 7) is 2.74. The van der Waals surface area contributed by atoms with Crippen LogP contribution in [0.1, 0.15) is 19.8 Å². The first-order chi connectivity index (χ1) is 6.25. The SMILES string of the molecule is CC(=O)NC1CC2COCOC2C1. The highest BCUT2D eigenvalue weighted by molar-refractivity contribution is 5.73. The lowest BCUT2D eigenvalue weighted by atomic mass is 10.1. The van der Waals surface area contributed by atoms with Crippen molar-refractivity contribution in [2.24, 2.45) is 5.92 Å². The molecule has 2 aliphatic rings. The molecular formula is C9H15NO3. The Hall–Kier alpha value is -0.610. The molecule has 1 aliphatic carbocycles. The molecule has 1 N–H and O–H groups in total. The Balaban J connectivity index is 1.87. The Labute approximate surface area is 77.6 Å². The minimum Gasteiger partial charge on any atom is -0.355 e. The third kappa shape index (κ3) is 2.00. The van der Waals surface area contributed by atoms with E-state index in [9.17, 15) is 4.79 Å². The van der Waals surface area contributed by atoms with Crippen molar-refractivity contribution < 1.29 is 14.3 Å². The summed E-state index contributed by atoms with van der Waals surface area (Å²) in [5, 5.41) is 2.92. The minimum atomic E-state index is 0.0459. The summed E-state index contributed by atoms with van der Waals surface area (Å²) in [6.07, 6.45) is 2.23. The van der Waals surface area contributed by atoms with Crippen LogP contribution in [0, 0.1) is 5.92 Å². The molecule has 4 heteroatoms. The number of rotatable bonds is 1. The fourth-order valence-corrected chi connectivity index (χ4v) is 2.21. The highest BCUT2D eigenvalue weighted by atomic mass is 16.7. The molecular weight excluding hydrogens is 170 g/mol. The van der Waals surface area contributed by atoms with E-state index in [1.54, 1.807) is 6.92 Å². The van der Waals surface area contributed by atoms with Gasteiger partial charge < -0.3 is 14.8 Å². The van der Waals surface area contributed by atoms with E-state index < -0.39 is 0 Å². The lowest BCUT2D eigenvalue weighted by Gasteiger charge is -2.24. The van der Waals surface area contributed by atoms with Crippen LogP contribution in [-0.2, 0) is 14.3 Å². The van der Waals surface area contributed by atoms with Gasteiger partial charge in [0.15, 0.2) is 0 Å². The van der Waals surface area contributed by atoms with Crippen molar-refractivity contribution in [1.29, 1.82) is 0 Å². The Kier molecular flexibility index (Phi) is 2.51. The highest BCUT2D eigenvalue weighted by Crippen LogP contribution is 2.31. The molecule has 13 heavy (non-hydrogen) atoms. The lowest BCUT2D eigenvalue weighted by Crippen LogP contribution is -2.31. The topological polar surface area (TPSA) is 47.6 Å². The summed E-state index contributed by atoms with van der Waals surface area (Å²) >= 11 is 0. The summed E-state index contributed by atoms with van der Waals surface area (Å²) in [6, 6.07) is 0.286. The van der Waals surface area contributed by atoms with E-state index >= 15 is 0 Å². The second-order valence-corrected chi connectivity index (χ2v) is 3.82. The Morgan fingerprint density at radius 2 is 2.31 bits per heavy atom. The Bertz CT molecular complexity index is 193. The molecule has 1 aliphatic heterocycles. The first-order valence-electron chi connectivity index (χ1n) is 4.72. The standard InChI is InChI=1S/C9H15NO3/c1-6(11)10-8-2-7-4-12-5-13-9(7)3-8/h7-9H,2-5H2,1H3,(H,10,11). The molecule has 1 amide bonds. The van der Waals surface area contributed by atoms with Crippen LogP contribution in [0.3, 0.4) is 0 Å². The second-order valence-electron chi connectivity index (χ2n) is 3.82. The van der Waals surface area contributed by atoms with Gasteiger partial charge in [-0.15, -0.1) is 0 Å². The monoisotopic (exact) mass is 185 g/mol. The van der Waals surface area contributed by atoms with Crippen LogP contribution in [0.15, 0.2) is 0 Å². The van der Waals surface area contributed by atoms with Crippen LogP contribution in [-0.4, -0.2) is 31.5 Å². The molecule has 2 rings (SSSR count). The van der Waals surface area contributed by atoms with Gasteiger partial charge in [0.05, 0.1) is 12.7 Å². The molecule has 3 unspecified atom stereocenters. The number of carbonyl (C=O) groups excluding carboxylic acids is 1. The molecule has 1 heterocycles. The predicted octanol–water partition coefficient (Wildman–Crippen LogP) is 0.274. The fourth-order valence-electron chi connectivity index (χ4n) is 2.21. The second kappa shape index (κ2) is 3.64. The number of carbonyl (C=O) groups is 1. The number of nitrogens with one attached hydrogen (secondary N) is 1. The number of hydrogen-bond acceptors (Lipinski definition) is 3. The quantitative estimate of drug-likeness (QED) is 0.638. The van der Waals surface area contributed by atoms with Gasteiger partial charge in [-0.2, -0.15) is 0 Å². The molecule has 0 aromatic carbocycles. The Morgan fingerprint density at radius 3 is 3.00 bits per heavy atom. The van der Waals surface area contributed by atoms with Crippen molar-refractivity contribution in [3.8, 4) is 0 Å². The van der Waals surface area contributed by atoms with Crippen molar-refractivity contribution in [3.05, 3.63) is 0 Å². The van der Waals surface area contributed by atoms with E-state index in [1.165, 1.54) is 0 Å². The van der Waals surface area contributed by atoms with Gasteiger partial charge in [-0.1, -0.05) is 0 Å². The highest BCUT2D eigenvalue weighted by Gasteiger charge is 2.37. The van der Waals surface area contributed by atoms with E-state index in [0.717, 1.165) is 19.4 Å². The van der Waals surface area contributed by atoms with Gasteiger partial charge in [0.25, 0.3) is 0 Å². The maximum atomic E-state index is 10.8.